The SMILES string of the molecule is Cc1cc(F)ccc1C(N)c1ccnc2ccccc12. The maximum Gasteiger partial charge on any atom is 0.123 e. The standard InChI is InChI=1S/C17H15FN2/c1-11-10-12(18)6-7-13(11)17(19)15-8-9-20-16-5-3-2-4-14(15)16/h2-10,17H,19H2,1H3. The number of hydrogen-bond donors (Lipinski definition) is 1. The second-order valence-corrected chi connectivity index (χ2v) is 4.90. The van der Waals surface area contributed by atoms with Crippen LogP contribution >= 0.6 is 0 Å². The van der Waals surface area contributed by atoms with E-state index in [1.54, 1.807) is 12.3 Å². The fraction of sp³-hybridized carbons (Fsp3) is 0.118. The molecule has 0 aliphatic carbocycles. The van der Waals surface area contributed by atoms with Crippen molar-refractivity contribution in [2.75, 3.05) is 0 Å². The molecule has 3 aromatic rings. The van der Waals surface area contributed by atoms with Crippen LogP contribution in [0.25, 0.3) is 10.9 Å². The summed E-state index contributed by atoms with van der Waals surface area (Å²) in [5.74, 6) is -0.238. The third kappa shape index (κ3) is 2.17. The number of rotatable bonds is 2. The van der Waals surface area contributed by atoms with Crippen molar-refractivity contribution < 1.29 is 4.39 Å². The number of benzene rings is 2. The molecule has 0 fully saturated rings. The molecule has 0 radical (unpaired) electrons. The molecular weight excluding hydrogens is 251 g/mol. The highest BCUT2D eigenvalue weighted by molar-refractivity contribution is 5.82. The zero-order valence-electron chi connectivity index (χ0n) is 11.2. The number of aromatic nitrogens is 1. The smallest absolute Gasteiger partial charge is 0.123 e. The van der Waals surface area contributed by atoms with Crippen molar-refractivity contribution in [3.05, 3.63) is 77.2 Å². The van der Waals surface area contributed by atoms with Crippen LogP contribution < -0.4 is 5.73 Å². The van der Waals surface area contributed by atoms with E-state index in [0.717, 1.165) is 27.6 Å². The first-order valence-electron chi connectivity index (χ1n) is 6.52. The van der Waals surface area contributed by atoms with Crippen molar-refractivity contribution >= 4 is 10.9 Å². The van der Waals surface area contributed by atoms with E-state index in [-0.39, 0.29) is 11.9 Å². The van der Waals surface area contributed by atoms with E-state index in [0.29, 0.717) is 0 Å². The van der Waals surface area contributed by atoms with Crippen molar-refractivity contribution in [2.45, 2.75) is 13.0 Å². The Bertz CT molecular complexity index is 763. The molecule has 1 heterocycles. The van der Waals surface area contributed by atoms with Gasteiger partial charge in [0.2, 0.25) is 0 Å². The summed E-state index contributed by atoms with van der Waals surface area (Å²) in [6, 6.07) is 14.2. The summed E-state index contributed by atoms with van der Waals surface area (Å²) >= 11 is 0. The summed E-state index contributed by atoms with van der Waals surface area (Å²) in [5.41, 5.74) is 10.1. The Kier molecular flexibility index (Phi) is 3.20. The van der Waals surface area contributed by atoms with Crippen LogP contribution in [-0.4, -0.2) is 4.98 Å². The topological polar surface area (TPSA) is 38.9 Å². The number of aryl methyl sites for hydroxylation is 1. The Morgan fingerprint density at radius 1 is 1.05 bits per heavy atom. The number of para-hydroxylation sites is 1. The van der Waals surface area contributed by atoms with E-state index in [2.05, 4.69) is 4.98 Å². The van der Waals surface area contributed by atoms with Crippen LogP contribution in [0, 0.1) is 12.7 Å². The zero-order chi connectivity index (χ0) is 14.1. The van der Waals surface area contributed by atoms with Crippen molar-refractivity contribution in [2.24, 2.45) is 5.73 Å². The van der Waals surface area contributed by atoms with Crippen molar-refractivity contribution in [1.82, 2.24) is 4.98 Å². The van der Waals surface area contributed by atoms with Gasteiger partial charge in [0.15, 0.2) is 0 Å². The van der Waals surface area contributed by atoms with E-state index in [1.807, 2.05) is 37.3 Å². The number of hydrogen-bond acceptors (Lipinski definition) is 2. The first kappa shape index (κ1) is 12.8. The maximum atomic E-state index is 13.2. The molecule has 1 unspecified atom stereocenters. The van der Waals surface area contributed by atoms with Crippen LogP contribution in [0.1, 0.15) is 22.7 Å². The van der Waals surface area contributed by atoms with Crippen LogP contribution in [0.15, 0.2) is 54.7 Å². The fourth-order valence-electron chi connectivity index (χ4n) is 2.54. The summed E-state index contributed by atoms with van der Waals surface area (Å²) < 4.78 is 13.2. The van der Waals surface area contributed by atoms with Gasteiger partial charge in [-0.15, -0.1) is 0 Å². The number of halogens is 1. The van der Waals surface area contributed by atoms with Gasteiger partial charge in [-0.05, 0) is 47.9 Å². The lowest BCUT2D eigenvalue weighted by molar-refractivity contribution is 0.625. The quantitative estimate of drug-likeness (QED) is 0.767. The Hall–Kier alpha value is -2.26. The van der Waals surface area contributed by atoms with Crippen LogP contribution in [0.3, 0.4) is 0 Å². The van der Waals surface area contributed by atoms with Gasteiger partial charge in [-0.3, -0.25) is 4.98 Å². The molecule has 0 bridgehead atoms. The molecule has 0 spiro atoms. The fourth-order valence-corrected chi connectivity index (χ4v) is 2.54. The van der Waals surface area contributed by atoms with Gasteiger partial charge in [-0.25, -0.2) is 4.39 Å². The third-order valence-corrected chi connectivity index (χ3v) is 3.58. The maximum absolute atomic E-state index is 13.2. The van der Waals surface area contributed by atoms with Crippen LogP contribution in [0.4, 0.5) is 4.39 Å². The third-order valence-electron chi connectivity index (χ3n) is 3.58. The molecule has 3 heteroatoms. The van der Waals surface area contributed by atoms with Crippen molar-refractivity contribution in [3.63, 3.8) is 0 Å². The Morgan fingerprint density at radius 2 is 1.85 bits per heavy atom. The first-order valence-corrected chi connectivity index (χ1v) is 6.52. The van der Waals surface area contributed by atoms with E-state index in [9.17, 15) is 4.39 Å². The van der Waals surface area contributed by atoms with E-state index in [4.69, 9.17) is 5.73 Å². The van der Waals surface area contributed by atoms with Gasteiger partial charge < -0.3 is 5.73 Å². The number of nitrogens with zero attached hydrogens (tertiary/aromatic N) is 1. The number of pyridine rings is 1. The Balaban J connectivity index is 2.15. The normalized spacial score (nSPS) is 12.6. The Morgan fingerprint density at radius 3 is 2.65 bits per heavy atom. The van der Waals surface area contributed by atoms with Gasteiger partial charge in [0.05, 0.1) is 11.6 Å². The lowest BCUT2D eigenvalue weighted by Crippen LogP contribution is -2.14. The molecule has 0 saturated carbocycles. The highest BCUT2D eigenvalue weighted by Crippen LogP contribution is 2.28. The average molecular weight is 266 g/mol. The van der Waals surface area contributed by atoms with Crippen LogP contribution in [0.5, 0.6) is 0 Å². The molecule has 100 valence electrons. The van der Waals surface area contributed by atoms with Gasteiger partial charge in [0, 0.05) is 11.6 Å². The van der Waals surface area contributed by atoms with Gasteiger partial charge in [-0.1, -0.05) is 24.3 Å². The largest absolute Gasteiger partial charge is 0.320 e. The first-order chi connectivity index (χ1) is 9.66. The minimum atomic E-state index is -0.288. The van der Waals surface area contributed by atoms with E-state index < -0.39 is 0 Å². The molecule has 0 saturated heterocycles. The van der Waals surface area contributed by atoms with E-state index >= 15 is 0 Å². The number of fused-ring (bicyclic) bond motifs is 1. The van der Waals surface area contributed by atoms with Gasteiger partial charge >= 0.3 is 0 Å². The molecule has 20 heavy (non-hydrogen) atoms. The monoisotopic (exact) mass is 266 g/mol. The van der Waals surface area contributed by atoms with Crippen molar-refractivity contribution in [3.8, 4) is 0 Å². The van der Waals surface area contributed by atoms with Crippen molar-refractivity contribution in [1.29, 1.82) is 0 Å². The lowest BCUT2D eigenvalue weighted by Gasteiger charge is -2.17. The van der Waals surface area contributed by atoms with Crippen LogP contribution in [-0.2, 0) is 0 Å². The van der Waals surface area contributed by atoms with Gasteiger partial charge in [0.25, 0.3) is 0 Å². The summed E-state index contributed by atoms with van der Waals surface area (Å²) in [7, 11) is 0. The molecule has 2 nitrogen and oxygen atoms in total. The predicted molar refractivity (Wildman–Crippen MR) is 78.9 cm³/mol. The van der Waals surface area contributed by atoms with Gasteiger partial charge in [-0.2, -0.15) is 0 Å². The van der Waals surface area contributed by atoms with E-state index in [1.165, 1.54) is 12.1 Å². The highest BCUT2D eigenvalue weighted by atomic mass is 19.1. The summed E-state index contributed by atoms with van der Waals surface area (Å²) in [6.45, 7) is 1.88. The minimum absolute atomic E-state index is 0.238. The summed E-state index contributed by atoms with van der Waals surface area (Å²) in [5, 5.41) is 1.03. The molecule has 0 amide bonds. The molecule has 1 atom stereocenters. The summed E-state index contributed by atoms with van der Waals surface area (Å²) in [4.78, 5) is 4.34. The zero-order valence-corrected chi connectivity index (χ0v) is 11.2. The summed E-state index contributed by atoms with van der Waals surface area (Å²) in [6.07, 6.45) is 1.76. The molecule has 2 N–H and O–H groups in total. The molecule has 2 aromatic carbocycles. The second kappa shape index (κ2) is 5.02. The molecule has 1 aromatic heterocycles. The minimum Gasteiger partial charge on any atom is -0.320 e. The van der Waals surface area contributed by atoms with Crippen LogP contribution in [0.2, 0.25) is 0 Å². The molecule has 0 aliphatic heterocycles. The number of nitrogens with two attached hydrogens (primary N) is 1. The lowest BCUT2D eigenvalue weighted by atomic mass is 9.93. The highest BCUT2D eigenvalue weighted by Gasteiger charge is 2.14. The second-order valence-electron chi connectivity index (χ2n) is 4.90. The van der Waals surface area contributed by atoms with Gasteiger partial charge in [0.1, 0.15) is 5.82 Å². The predicted octanol–water partition coefficient (Wildman–Crippen LogP) is 3.73. The average Bonchev–Trinajstić information content (AvgIpc) is 2.46. The molecular formula is C17H15FN2. The molecule has 3 rings (SSSR count). The molecule has 0 aliphatic rings. The Labute approximate surface area is 117 Å².